The highest BCUT2D eigenvalue weighted by molar-refractivity contribution is 7.89. The predicted molar refractivity (Wildman–Crippen MR) is 59.7 cm³/mol. The molecule has 0 amide bonds. The van der Waals surface area contributed by atoms with Gasteiger partial charge in [0.05, 0.1) is 29.7 Å². The summed E-state index contributed by atoms with van der Waals surface area (Å²) in [5, 5.41) is 17.5. The monoisotopic (exact) mass is 299 g/mol. The summed E-state index contributed by atoms with van der Waals surface area (Å²) in [6, 6.07) is 2.40. The van der Waals surface area contributed by atoms with Gasteiger partial charge in [-0.2, -0.15) is 13.2 Å². The van der Waals surface area contributed by atoms with Gasteiger partial charge in [0, 0.05) is 0 Å². The Hall–Kier alpha value is -1.16. The molecule has 3 N–H and O–H groups in total. The Morgan fingerprint density at radius 3 is 2.16 bits per heavy atom. The van der Waals surface area contributed by atoms with E-state index in [0.717, 1.165) is 18.2 Å². The van der Waals surface area contributed by atoms with Crippen LogP contribution in [0.5, 0.6) is 0 Å². The highest BCUT2D eigenvalue weighted by Gasteiger charge is 2.37. The van der Waals surface area contributed by atoms with Crippen molar-refractivity contribution >= 4 is 10.0 Å². The van der Waals surface area contributed by atoms with Gasteiger partial charge in [-0.1, -0.05) is 12.1 Å². The largest absolute Gasteiger partial charge is 0.417 e. The summed E-state index contributed by atoms with van der Waals surface area (Å²) in [6.45, 7) is -1.46. The molecule has 0 spiro atoms. The van der Waals surface area contributed by atoms with E-state index in [-0.39, 0.29) is 0 Å². The Kier molecular flexibility index (Phi) is 4.91. The van der Waals surface area contributed by atoms with E-state index in [1.165, 1.54) is 0 Å². The maximum Gasteiger partial charge on any atom is 0.417 e. The summed E-state index contributed by atoms with van der Waals surface area (Å²) < 4.78 is 63.4. The standard InChI is InChI=1S/C10H12F3NO4S/c11-10(12,13)8-3-1-2-4-9(8)19(17,18)14-7(5-15)6-16/h1-4,7,14-16H,5-6H2. The molecule has 0 aromatic heterocycles. The number of aliphatic hydroxyl groups is 2. The number of alkyl halides is 3. The van der Waals surface area contributed by atoms with Crippen LogP contribution in [0.4, 0.5) is 13.2 Å². The normalized spacial score (nSPS) is 12.9. The molecule has 1 aromatic carbocycles. The van der Waals surface area contributed by atoms with Crippen molar-refractivity contribution in [2.75, 3.05) is 13.2 Å². The van der Waals surface area contributed by atoms with Crippen LogP contribution in [0.15, 0.2) is 29.2 Å². The van der Waals surface area contributed by atoms with Gasteiger partial charge in [-0.25, -0.2) is 13.1 Å². The van der Waals surface area contributed by atoms with Gasteiger partial charge in [-0.05, 0) is 12.1 Å². The zero-order valence-electron chi connectivity index (χ0n) is 9.55. The first kappa shape index (κ1) is 15.9. The van der Waals surface area contributed by atoms with Gasteiger partial charge >= 0.3 is 6.18 Å². The van der Waals surface area contributed by atoms with Crippen LogP contribution < -0.4 is 4.72 Å². The summed E-state index contributed by atoms with van der Waals surface area (Å²) in [7, 11) is -4.49. The number of sulfonamides is 1. The van der Waals surface area contributed by atoms with E-state index in [9.17, 15) is 21.6 Å². The van der Waals surface area contributed by atoms with Crippen LogP contribution in [-0.2, 0) is 16.2 Å². The molecule has 0 atom stereocenters. The van der Waals surface area contributed by atoms with E-state index in [2.05, 4.69) is 0 Å². The molecule has 1 rings (SSSR count). The van der Waals surface area contributed by atoms with E-state index in [1.54, 1.807) is 4.72 Å². The van der Waals surface area contributed by atoms with Crippen molar-refractivity contribution in [1.29, 1.82) is 0 Å². The molecule has 0 aliphatic carbocycles. The molecule has 108 valence electrons. The Bertz CT molecular complexity index is 526. The molecule has 1 aromatic rings. The van der Waals surface area contributed by atoms with Crippen molar-refractivity contribution < 1.29 is 31.8 Å². The smallest absolute Gasteiger partial charge is 0.395 e. The minimum atomic E-state index is -4.82. The van der Waals surface area contributed by atoms with Crippen LogP contribution in [0, 0.1) is 0 Å². The van der Waals surface area contributed by atoms with Gasteiger partial charge in [0.25, 0.3) is 0 Å². The summed E-state index contributed by atoms with van der Waals surface area (Å²) in [6.07, 6.45) is -4.82. The second kappa shape index (κ2) is 5.87. The van der Waals surface area contributed by atoms with Gasteiger partial charge in [0.1, 0.15) is 0 Å². The lowest BCUT2D eigenvalue weighted by Gasteiger charge is -2.17. The molecule has 0 radical (unpaired) electrons. The SMILES string of the molecule is O=S(=O)(NC(CO)CO)c1ccccc1C(F)(F)F. The number of hydrogen-bond acceptors (Lipinski definition) is 4. The quantitative estimate of drug-likeness (QED) is 0.731. The lowest BCUT2D eigenvalue weighted by atomic mass is 10.2. The molecule has 0 unspecified atom stereocenters. The zero-order chi connectivity index (χ0) is 14.7. The molecular formula is C10H12F3NO4S. The van der Waals surface area contributed by atoms with E-state index in [4.69, 9.17) is 10.2 Å². The highest BCUT2D eigenvalue weighted by atomic mass is 32.2. The Labute approximate surface area is 107 Å². The lowest BCUT2D eigenvalue weighted by molar-refractivity contribution is -0.139. The van der Waals surface area contributed by atoms with Gasteiger partial charge in [-0.15, -0.1) is 0 Å². The number of halogens is 3. The van der Waals surface area contributed by atoms with Crippen molar-refractivity contribution in [2.45, 2.75) is 17.1 Å². The Morgan fingerprint density at radius 1 is 1.16 bits per heavy atom. The van der Waals surface area contributed by atoms with Crippen molar-refractivity contribution in [2.24, 2.45) is 0 Å². The minimum Gasteiger partial charge on any atom is -0.395 e. The second-order valence-electron chi connectivity index (χ2n) is 3.68. The predicted octanol–water partition coefficient (Wildman–Crippen LogP) is 0.337. The van der Waals surface area contributed by atoms with Crippen LogP contribution in [0.3, 0.4) is 0 Å². The van der Waals surface area contributed by atoms with E-state index in [0.29, 0.717) is 6.07 Å². The second-order valence-corrected chi connectivity index (χ2v) is 5.36. The van der Waals surface area contributed by atoms with Crippen molar-refractivity contribution in [3.05, 3.63) is 29.8 Å². The molecule has 0 saturated carbocycles. The summed E-state index contributed by atoms with van der Waals surface area (Å²) in [5.74, 6) is 0. The number of benzene rings is 1. The molecule has 9 heteroatoms. The average molecular weight is 299 g/mol. The fourth-order valence-electron chi connectivity index (χ4n) is 1.35. The third-order valence-electron chi connectivity index (χ3n) is 2.24. The van der Waals surface area contributed by atoms with E-state index < -0.39 is 45.9 Å². The molecular weight excluding hydrogens is 287 g/mol. The molecule has 19 heavy (non-hydrogen) atoms. The van der Waals surface area contributed by atoms with Crippen LogP contribution in [0.25, 0.3) is 0 Å². The van der Waals surface area contributed by atoms with Crippen LogP contribution in [0.1, 0.15) is 5.56 Å². The fourth-order valence-corrected chi connectivity index (χ4v) is 2.80. The molecule has 0 aliphatic heterocycles. The number of nitrogens with one attached hydrogen (secondary N) is 1. The first-order valence-corrected chi connectivity index (χ1v) is 6.61. The minimum absolute atomic E-state index is 0.640. The van der Waals surface area contributed by atoms with Crippen molar-refractivity contribution in [1.82, 2.24) is 4.72 Å². The first-order valence-electron chi connectivity index (χ1n) is 5.12. The third-order valence-corrected chi connectivity index (χ3v) is 3.82. The highest BCUT2D eigenvalue weighted by Crippen LogP contribution is 2.33. The molecule has 0 bridgehead atoms. The number of hydrogen-bond donors (Lipinski definition) is 3. The van der Waals surface area contributed by atoms with Gasteiger partial charge in [0.15, 0.2) is 0 Å². The zero-order valence-corrected chi connectivity index (χ0v) is 10.4. The summed E-state index contributed by atoms with van der Waals surface area (Å²) in [5.41, 5.74) is -1.31. The molecule has 0 fully saturated rings. The Balaban J connectivity index is 3.23. The van der Waals surface area contributed by atoms with Crippen molar-refractivity contribution in [3.63, 3.8) is 0 Å². The van der Waals surface area contributed by atoms with Crippen LogP contribution in [0.2, 0.25) is 0 Å². The first-order chi connectivity index (χ1) is 8.72. The number of aliphatic hydroxyl groups excluding tert-OH is 2. The van der Waals surface area contributed by atoms with Crippen LogP contribution >= 0.6 is 0 Å². The van der Waals surface area contributed by atoms with Gasteiger partial charge < -0.3 is 10.2 Å². The maximum atomic E-state index is 12.7. The number of rotatable bonds is 5. The topological polar surface area (TPSA) is 86.6 Å². The third kappa shape index (κ3) is 3.90. The maximum absolute atomic E-state index is 12.7. The Morgan fingerprint density at radius 2 is 1.68 bits per heavy atom. The van der Waals surface area contributed by atoms with E-state index >= 15 is 0 Å². The van der Waals surface area contributed by atoms with Gasteiger partial charge in [-0.3, -0.25) is 0 Å². The fraction of sp³-hybridized carbons (Fsp3) is 0.400. The molecule has 0 aliphatic rings. The summed E-state index contributed by atoms with van der Waals surface area (Å²) in [4.78, 5) is -0.950. The van der Waals surface area contributed by atoms with E-state index in [1.807, 2.05) is 0 Å². The molecule has 5 nitrogen and oxygen atoms in total. The lowest BCUT2D eigenvalue weighted by Crippen LogP contribution is -2.40. The average Bonchev–Trinajstić information content (AvgIpc) is 2.35. The van der Waals surface area contributed by atoms with Crippen LogP contribution in [-0.4, -0.2) is 37.9 Å². The molecule has 0 saturated heterocycles. The summed E-state index contributed by atoms with van der Waals surface area (Å²) >= 11 is 0. The molecule has 0 heterocycles. The van der Waals surface area contributed by atoms with Gasteiger partial charge in [0.2, 0.25) is 10.0 Å². The van der Waals surface area contributed by atoms with Crippen molar-refractivity contribution in [3.8, 4) is 0 Å².